The summed E-state index contributed by atoms with van der Waals surface area (Å²) < 4.78 is 20.1. The third-order valence-corrected chi connectivity index (χ3v) is 6.27. The van der Waals surface area contributed by atoms with Gasteiger partial charge < -0.3 is 20.7 Å². The number of hydrogen-bond acceptors (Lipinski definition) is 5. The number of piperidine rings is 1. The quantitative estimate of drug-likeness (QED) is 0.616. The number of carbonyl (C=O) groups excluding carboxylic acids is 1. The van der Waals surface area contributed by atoms with E-state index < -0.39 is 0 Å². The van der Waals surface area contributed by atoms with Gasteiger partial charge in [-0.05, 0) is 62.4 Å². The average Bonchev–Trinajstić information content (AvgIpc) is 2.81. The monoisotopic (exact) mass is 446 g/mol. The third-order valence-electron chi connectivity index (χ3n) is 5.97. The predicted octanol–water partition coefficient (Wildman–Crippen LogP) is 4.32. The summed E-state index contributed by atoms with van der Waals surface area (Å²) >= 11 is 6.35. The first-order valence-electron chi connectivity index (χ1n) is 10.9. The Bertz CT molecular complexity index is 914. The highest BCUT2D eigenvalue weighted by molar-refractivity contribution is 6.33. The Hall–Kier alpha value is -2.22. The lowest BCUT2D eigenvalue weighted by molar-refractivity contribution is -0.120. The minimum atomic E-state index is -0.376. The molecule has 31 heavy (non-hydrogen) atoms. The van der Waals surface area contributed by atoms with Gasteiger partial charge in [-0.15, -0.1) is 0 Å². The third kappa shape index (κ3) is 5.73. The number of hydrogen-bond donors (Lipinski definition) is 3. The zero-order valence-corrected chi connectivity index (χ0v) is 18.2. The second-order valence-corrected chi connectivity index (χ2v) is 8.62. The van der Waals surface area contributed by atoms with E-state index in [-0.39, 0.29) is 17.6 Å². The van der Waals surface area contributed by atoms with Crippen molar-refractivity contribution in [2.24, 2.45) is 11.8 Å². The molecule has 1 aromatic carbocycles. The first-order chi connectivity index (χ1) is 15.1. The highest BCUT2D eigenvalue weighted by Crippen LogP contribution is 2.33. The molecule has 3 heterocycles. The van der Waals surface area contributed by atoms with Crippen LogP contribution in [-0.4, -0.2) is 43.7 Å². The molecule has 0 aliphatic carbocycles. The van der Waals surface area contributed by atoms with Gasteiger partial charge in [0.05, 0.1) is 10.9 Å². The van der Waals surface area contributed by atoms with Gasteiger partial charge in [0.25, 0.3) is 0 Å². The Morgan fingerprint density at radius 1 is 1.23 bits per heavy atom. The minimum absolute atomic E-state index is 0.0830. The molecule has 2 fully saturated rings. The zero-order valence-electron chi connectivity index (χ0n) is 17.4. The molecule has 1 aromatic heterocycles. The Balaban J connectivity index is 1.49. The molecular weight excluding hydrogens is 419 g/mol. The van der Waals surface area contributed by atoms with Gasteiger partial charge in [-0.2, -0.15) is 0 Å². The van der Waals surface area contributed by atoms with Gasteiger partial charge in [0.2, 0.25) is 5.91 Å². The molecule has 6 nitrogen and oxygen atoms in total. The number of nitrogens with one attached hydrogen (secondary N) is 3. The molecule has 0 bridgehead atoms. The molecule has 0 saturated carbocycles. The van der Waals surface area contributed by atoms with E-state index in [9.17, 15) is 9.18 Å². The lowest BCUT2D eigenvalue weighted by atomic mass is 9.99. The predicted molar refractivity (Wildman–Crippen MR) is 121 cm³/mol. The molecule has 2 aliphatic heterocycles. The van der Waals surface area contributed by atoms with Crippen LogP contribution in [0.4, 0.5) is 15.9 Å². The summed E-state index contributed by atoms with van der Waals surface area (Å²) in [6.07, 6.45) is 5.31. The maximum atomic E-state index is 14.7. The fraction of sp³-hybridized carbons (Fsp3) is 0.478. The first-order valence-corrected chi connectivity index (χ1v) is 11.3. The second kappa shape index (κ2) is 10.4. The van der Waals surface area contributed by atoms with Gasteiger partial charge >= 0.3 is 0 Å². The summed E-state index contributed by atoms with van der Waals surface area (Å²) in [4.78, 5) is 16.8. The second-order valence-electron chi connectivity index (χ2n) is 8.21. The van der Waals surface area contributed by atoms with Crippen molar-refractivity contribution in [3.63, 3.8) is 0 Å². The minimum Gasteiger partial charge on any atom is -0.385 e. The van der Waals surface area contributed by atoms with Crippen molar-refractivity contribution in [3.05, 3.63) is 41.3 Å². The summed E-state index contributed by atoms with van der Waals surface area (Å²) in [5.41, 5.74) is 1.70. The standard InChI is InChI=1S/C23H28ClFN4O2/c24-20-14-28-22(29-23(30)16-2-1-7-26-13-16)11-18(20)19-10-17(3-4-21(19)25)27-12-15-5-8-31-9-6-15/h3-4,10-11,14-16,26-27H,1-2,5-9,12-13H2,(H,28,29,30)/t16-/m1/s1. The van der Waals surface area contributed by atoms with Crippen molar-refractivity contribution in [2.45, 2.75) is 25.7 Å². The number of aromatic nitrogens is 1. The number of carbonyl (C=O) groups is 1. The van der Waals surface area contributed by atoms with Crippen molar-refractivity contribution in [1.29, 1.82) is 0 Å². The van der Waals surface area contributed by atoms with Crippen LogP contribution in [0.2, 0.25) is 5.02 Å². The van der Waals surface area contributed by atoms with Gasteiger partial charge in [-0.25, -0.2) is 9.37 Å². The van der Waals surface area contributed by atoms with Crippen LogP contribution in [0.3, 0.4) is 0 Å². The lowest BCUT2D eigenvalue weighted by Gasteiger charge is -2.23. The topological polar surface area (TPSA) is 75.3 Å². The zero-order chi connectivity index (χ0) is 21.6. The Morgan fingerprint density at radius 3 is 2.84 bits per heavy atom. The molecule has 2 aliphatic rings. The van der Waals surface area contributed by atoms with Crippen molar-refractivity contribution in [1.82, 2.24) is 10.3 Å². The van der Waals surface area contributed by atoms with Crippen LogP contribution >= 0.6 is 11.6 Å². The first kappa shape index (κ1) is 22.0. The van der Waals surface area contributed by atoms with Gasteiger partial charge in [0.1, 0.15) is 11.6 Å². The molecule has 1 amide bonds. The fourth-order valence-corrected chi connectivity index (χ4v) is 4.28. The Morgan fingerprint density at radius 2 is 2.06 bits per heavy atom. The Labute approximate surface area is 186 Å². The molecule has 0 radical (unpaired) electrons. The van der Waals surface area contributed by atoms with E-state index in [2.05, 4.69) is 20.9 Å². The van der Waals surface area contributed by atoms with E-state index in [1.807, 2.05) is 0 Å². The summed E-state index contributed by atoms with van der Waals surface area (Å²) in [5.74, 6) is 0.362. The van der Waals surface area contributed by atoms with Crippen molar-refractivity contribution in [3.8, 4) is 11.1 Å². The fourth-order valence-electron chi connectivity index (χ4n) is 4.07. The van der Waals surface area contributed by atoms with Gasteiger partial charge in [0, 0.05) is 49.3 Å². The number of pyridine rings is 1. The van der Waals surface area contributed by atoms with Gasteiger partial charge in [0.15, 0.2) is 0 Å². The van der Waals surface area contributed by atoms with Crippen LogP contribution in [-0.2, 0) is 9.53 Å². The molecule has 4 rings (SSSR count). The van der Waals surface area contributed by atoms with Crippen LogP contribution < -0.4 is 16.0 Å². The molecule has 3 N–H and O–H groups in total. The maximum Gasteiger partial charge on any atom is 0.229 e. The highest BCUT2D eigenvalue weighted by Gasteiger charge is 2.22. The average molecular weight is 447 g/mol. The summed E-state index contributed by atoms with van der Waals surface area (Å²) in [6, 6.07) is 6.56. The van der Waals surface area contributed by atoms with Crippen LogP contribution in [0.5, 0.6) is 0 Å². The smallest absolute Gasteiger partial charge is 0.229 e. The summed E-state index contributed by atoms with van der Waals surface area (Å²) in [7, 11) is 0. The molecule has 2 saturated heterocycles. The molecule has 1 atom stereocenters. The largest absolute Gasteiger partial charge is 0.385 e. The highest BCUT2D eigenvalue weighted by atomic mass is 35.5. The van der Waals surface area contributed by atoms with Crippen molar-refractivity contribution >= 4 is 29.0 Å². The van der Waals surface area contributed by atoms with Gasteiger partial charge in [-0.3, -0.25) is 4.79 Å². The molecular formula is C23H28ClFN4O2. The molecule has 8 heteroatoms. The lowest BCUT2D eigenvalue weighted by Crippen LogP contribution is -2.37. The van der Waals surface area contributed by atoms with E-state index in [4.69, 9.17) is 16.3 Å². The van der Waals surface area contributed by atoms with Crippen molar-refractivity contribution in [2.75, 3.05) is 43.5 Å². The molecule has 0 unspecified atom stereocenters. The van der Waals surface area contributed by atoms with Crippen LogP contribution in [0, 0.1) is 17.7 Å². The van der Waals surface area contributed by atoms with E-state index in [1.54, 1.807) is 18.2 Å². The number of nitrogens with zero attached hydrogens (tertiary/aromatic N) is 1. The number of halogens is 2. The van der Waals surface area contributed by atoms with Crippen LogP contribution in [0.15, 0.2) is 30.5 Å². The number of anilines is 2. The molecule has 2 aromatic rings. The van der Waals surface area contributed by atoms with E-state index >= 15 is 0 Å². The number of ether oxygens (including phenoxy) is 1. The van der Waals surface area contributed by atoms with E-state index in [0.29, 0.717) is 34.4 Å². The molecule has 0 spiro atoms. The number of benzene rings is 1. The van der Waals surface area contributed by atoms with Gasteiger partial charge in [-0.1, -0.05) is 11.6 Å². The van der Waals surface area contributed by atoms with E-state index in [1.165, 1.54) is 12.3 Å². The normalized spacial score (nSPS) is 19.7. The number of rotatable bonds is 6. The van der Waals surface area contributed by atoms with Crippen LogP contribution in [0.25, 0.3) is 11.1 Å². The Kier molecular flexibility index (Phi) is 7.37. The summed E-state index contributed by atoms with van der Waals surface area (Å²) in [6.45, 7) is 3.99. The number of amides is 1. The molecule has 166 valence electrons. The van der Waals surface area contributed by atoms with E-state index in [0.717, 1.165) is 57.7 Å². The summed E-state index contributed by atoms with van der Waals surface area (Å²) in [5, 5.41) is 9.82. The SMILES string of the molecule is O=C(Nc1cc(-c2cc(NCC3CCOCC3)ccc2F)c(Cl)cn1)[C@@H]1CCCNC1. The maximum absolute atomic E-state index is 14.7. The van der Waals surface area contributed by atoms with Crippen molar-refractivity contribution < 1.29 is 13.9 Å². The van der Waals surface area contributed by atoms with Crippen LogP contribution in [0.1, 0.15) is 25.7 Å².